The summed E-state index contributed by atoms with van der Waals surface area (Å²) in [6.07, 6.45) is 3.70. The first-order chi connectivity index (χ1) is 26.3. The van der Waals surface area contributed by atoms with E-state index in [0.717, 1.165) is 82.1 Å². The molecule has 8 aromatic carbocycles. The van der Waals surface area contributed by atoms with Crippen LogP contribution in [-0.2, 0) is 0 Å². The summed E-state index contributed by atoms with van der Waals surface area (Å²) >= 11 is 0. The third-order valence-electron chi connectivity index (χ3n) is 10.4. The third kappa shape index (κ3) is 4.64. The molecule has 246 valence electrons. The van der Waals surface area contributed by atoms with Crippen LogP contribution in [0.1, 0.15) is 0 Å². The van der Waals surface area contributed by atoms with Crippen LogP contribution in [0.15, 0.2) is 175 Å². The maximum atomic E-state index is 6.53. The van der Waals surface area contributed by atoms with Crippen molar-refractivity contribution in [3.63, 3.8) is 0 Å². The number of hydrogen-bond acceptors (Lipinski definition) is 5. The lowest BCUT2D eigenvalue weighted by Gasteiger charge is -2.15. The van der Waals surface area contributed by atoms with E-state index in [1.807, 2.05) is 42.7 Å². The fourth-order valence-corrected chi connectivity index (χ4v) is 7.97. The average molecular weight is 677 g/mol. The van der Waals surface area contributed by atoms with Crippen molar-refractivity contribution in [1.82, 2.24) is 19.9 Å². The van der Waals surface area contributed by atoms with Crippen molar-refractivity contribution < 1.29 is 4.42 Å². The van der Waals surface area contributed by atoms with Crippen LogP contribution in [0.2, 0.25) is 0 Å². The summed E-state index contributed by atoms with van der Waals surface area (Å²) in [5.41, 5.74) is 6.77. The van der Waals surface area contributed by atoms with E-state index >= 15 is 0 Å². The highest BCUT2D eigenvalue weighted by molar-refractivity contribution is 6.21. The van der Waals surface area contributed by atoms with Gasteiger partial charge in [0.1, 0.15) is 11.2 Å². The topological polar surface area (TPSA) is 64.7 Å². The Morgan fingerprint density at radius 1 is 0.377 bits per heavy atom. The van der Waals surface area contributed by atoms with E-state index in [0.29, 0.717) is 17.5 Å². The van der Waals surface area contributed by atoms with Crippen molar-refractivity contribution in [2.45, 2.75) is 0 Å². The van der Waals surface area contributed by atoms with Gasteiger partial charge in [-0.3, -0.25) is 4.98 Å². The van der Waals surface area contributed by atoms with Crippen LogP contribution in [0.5, 0.6) is 0 Å². The van der Waals surface area contributed by atoms with Crippen molar-refractivity contribution in [2.24, 2.45) is 0 Å². The Morgan fingerprint density at radius 3 is 1.87 bits per heavy atom. The maximum absolute atomic E-state index is 6.53. The summed E-state index contributed by atoms with van der Waals surface area (Å²) < 4.78 is 6.53. The molecule has 0 atom stereocenters. The second-order valence-corrected chi connectivity index (χ2v) is 13.4. The van der Waals surface area contributed by atoms with E-state index in [1.54, 1.807) is 0 Å². The van der Waals surface area contributed by atoms with E-state index in [9.17, 15) is 0 Å². The molecule has 5 heteroatoms. The van der Waals surface area contributed by atoms with E-state index in [4.69, 9.17) is 19.4 Å². The summed E-state index contributed by atoms with van der Waals surface area (Å²) in [4.78, 5) is 20.0. The highest BCUT2D eigenvalue weighted by Crippen LogP contribution is 2.43. The van der Waals surface area contributed by atoms with Crippen molar-refractivity contribution in [1.29, 1.82) is 0 Å². The molecule has 0 radical (unpaired) electrons. The largest absolute Gasteiger partial charge is 0.455 e. The molecule has 0 aliphatic carbocycles. The Balaban J connectivity index is 1.16. The van der Waals surface area contributed by atoms with Gasteiger partial charge in [-0.2, -0.15) is 0 Å². The molecule has 0 amide bonds. The van der Waals surface area contributed by atoms with Gasteiger partial charge < -0.3 is 4.42 Å². The molecule has 0 spiro atoms. The molecule has 3 heterocycles. The molecule has 11 rings (SSSR count). The number of benzene rings is 8. The molecule has 0 aliphatic heterocycles. The molecule has 11 aromatic rings. The predicted molar refractivity (Wildman–Crippen MR) is 217 cm³/mol. The van der Waals surface area contributed by atoms with E-state index in [-0.39, 0.29) is 0 Å². The lowest BCUT2D eigenvalue weighted by molar-refractivity contribution is 0.672. The standard InChI is InChI=1S/C48H28N4O/c1-2-11-30(12-3-1)46-50-47(52-48(51-46)41-27-31-13-4-5-14-32(31)33-15-6-9-18-36(33)41)39-24-23-37(34-16-7-8-17-35(34)39)38-19-10-20-43-44(38)40-22-21-29-25-26-49-28-42(29)45(40)53-43/h1-28H. The van der Waals surface area contributed by atoms with Crippen LogP contribution in [0.25, 0.3) is 110 Å². The minimum absolute atomic E-state index is 0.625. The molecule has 5 nitrogen and oxygen atoms in total. The zero-order valence-corrected chi connectivity index (χ0v) is 28.4. The van der Waals surface area contributed by atoms with Crippen LogP contribution in [0.3, 0.4) is 0 Å². The summed E-state index contributed by atoms with van der Waals surface area (Å²) in [5, 5.41) is 11.1. The third-order valence-corrected chi connectivity index (χ3v) is 10.4. The molecule has 0 fully saturated rings. The number of aromatic nitrogens is 4. The summed E-state index contributed by atoms with van der Waals surface area (Å²) in [6.45, 7) is 0. The van der Waals surface area contributed by atoms with Crippen LogP contribution < -0.4 is 0 Å². The van der Waals surface area contributed by atoms with Gasteiger partial charge in [-0.05, 0) is 79.2 Å². The van der Waals surface area contributed by atoms with Crippen molar-refractivity contribution >= 4 is 65.0 Å². The zero-order chi connectivity index (χ0) is 34.9. The number of furan rings is 1. The Bertz CT molecular complexity index is 3240. The Kier molecular flexibility index (Phi) is 6.48. The quantitative estimate of drug-likeness (QED) is 0.174. The van der Waals surface area contributed by atoms with E-state index in [1.165, 1.54) is 10.8 Å². The minimum Gasteiger partial charge on any atom is -0.455 e. The maximum Gasteiger partial charge on any atom is 0.164 e. The average Bonchev–Trinajstić information content (AvgIpc) is 3.63. The molecule has 0 N–H and O–H groups in total. The first-order valence-electron chi connectivity index (χ1n) is 17.7. The Labute approximate surface area is 303 Å². The first-order valence-corrected chi connectivity index (χ1v) is 17.7. The fourth-order valence-electron chi connectivity index (χ4n) is 7.97. The number of rotatable bonds is 4. The molecule has 0 aliphatic rings. The lowest BCUT2D eigenvalue weighted by Crippen LogP contribution is -2.01. The van der Waals surface area contributed by atoms with Gasteiger partial charge in [0, 0.05) is 45.2 Å². The summed E-state index contributed by atoms with van der Waals surface area (Å²) in [7, 11) is 0. The number of pyridine rings is 1. The van der Waals surface area contributed by atoms with Crippen LogP contribution in [0.4, 0.5) is 0 Å². The van der Waals surface area contributed by atoms with Gasteiger partial charge in [0.25, 0.3) is 0 Å². The normalized spacial score (nSPS) is 11.8. The highest BCUT2D eigenvalue weighted by atomic mass is 16.3. The molecular weight excluding hydrogens is 649 g/mol. The van der Waals surface area contributed by atoms with Gasteiger partial charge in [0.15, 0.2) is 17.5 Å². The molecule has 0 saturated carbocycles. The minimum atomic E-state index is 0.625. The second kappa shape index (κ2) is 11.7. The van der Waals surface area contributed by atoms with Crippen LogP contribution in [0, 0.1) is 0 Å². The fraction of sp³-hybridized carbons (Fsp3) is 0. The second-order valence-electron chi connectivity index (χ2n) is 13.4. The van der Waals surface area contributed by atoms with E-state index in [2.05, 4.69) is 132 Å². The molecule has 0 unspecified atom stereocenters. The zero-order valence-electron chi connectivity index (χ0n) is 28.4. The van der Waals surface area contributed by atoms with Crippen molar-refractivity contribution in [3.05, 3.63) is 170 Å². The van der Waals surface area contributed by atoms with E-state index < -0.39 is 0 Å². The molecule has 0 bridgehead atoms. The van der Waals surface area contributed by atoms with Crippen LogP contribution >= 0.6 is 0 Å². The van der Waals surface area contributed by atoms with Gasteiger partial charge in [0.05, 0.1) is 0 Å². The monoisotopic (exact) mass is 676 g/mol. The van der Waals surface area contributed by atoms with Crippen molar-refractivity contribution in [2.75, 3.05) is 0 Å². The number of fused-ring (bicyclic) bond motifs is 9. The Morgan fingerprint density at radius 2 is 1.04 bits per heavy atom. The predicted octanol–water partition coefficient (Wildman–Crippen LogP) is 12.4. The summed E-state index contributed by atoms with van der Waals surface area (Å²) in [5.74, 6) is 1.90. The van der Waals surface area contributed by atoms with Gasteiger partial charge in [-0.25, -0.2) is 15.0 Å². The molecule has 53 heavy (non-hydrogen) atoms. The van der Waals surface area contributed by atoms with Crippen molar-refractivity contribution in [3.8, 4) is 45.3 Å². The smallest absolute Gasteiger partial charge is 0.164 e. The lowest BCUT2D eigenvalue weighted by atomic mass is 9.92. The molecule has 3 aromatic heterocycles. The summed E-state index contributed by atoms with van der Waals surface area (Å²) in [6, 6.07) is 54.9. The highest BCUT2D eigenvalue weighted by Gasteiger charge is 2.20. The first kappa shape index (κ1) is 29.5. The SMILES string of the molecule is c1ccc(-c2nc(-c3ccc(-c4cccc5oc6c7cnccc7ccc6c45)c4ccccc34)nc(-c3cc4ccccc4c4ccccc34)n2)cc1. The molecular formula is C48H28N4O. The number of hydrogen-bond donors (Lipinski definition) is 0. The van der Waals surface area contributed by atoms with Gasteiger partial charge in [0.2, 0.25) is 0 Å². The molecule has 0 saturated heterocycles. The van der Waals surface area contributed by atoms with Gasteiger partial charge >= 0.3 is 0 Å². The number of nitrogens with zero attached hydrogens (tertiary/aromatic N) is 4. The van der Waals surface area contributed by atoms with Crippen LogP contribution in [-0.4, -0.2) is 19.9 Å². The Hall–Kier alpha value is -7.24. The van der Waals surface area contributed by atoms with Gasteiger partial charge in [-0.1, -0.05) is 127 Å². The van der Waals surface area contributed by atoms with Gasteiger partial charge in [-0.15, -0.1) is 0 Å².